The van der Waals surface area contributed by atoms with Crippen molar-refractivity contribution < 1.29 is 13.2 Å². The molecule has 2 unspecified atom stereocenters. The molecule has 1 N–H and O–H groups in total. The Morgan fingerprint density at radius 2 is 1.67 bits per heavy atom. The Kier molecular flexibility index (Phi) is 5.29. The van der Waals surface area contributed by atoms with Crippen molar-refractivity contribution >= 4 is 0 Å². The number of rotatable bonds is 5. The average molecular weight is 183 g/mol. The highest BCUT2D eigenvalue weighted by Crippen LogP contribution is 2.15. The number of hydrogen-bond acceptors (Lipinski definition) is 1. The molecule has 12 heavy (non-hydrogen) atoms. The third kappa shape index (κ3) is 3.95. The van der Waals surface area contributed by atoms with Crippen molar-refractivity contribution in [2.24, 2.45) is 0 Å². The molecule has 0 saturated carbocycles. The Balaban J connectivity index is 3.78. The summed E-state index contributed by atoms with van der Waals surface area (Å²) in [6.45, 7) is 2.75. The van der Waals surface area contributed by atoms with Gasteiger partial charge in [0.15, 0.2) is 6.17 Å². The SMILES string of the molecule is CNC(C)C[C@@H](F)[C@@H](F)C(C)F. The molecule has 0 fully saturated rings. The van der Waals surface area contributed by atoms with Gasteiger partial charge in [0.25, 0.3) is 0 Å². The lowest BCUT2D eigenvalue weighted by Crippen LogP contribution is -2.33. The molecule has 0 rings (SSSR count). The van der Waals surface area contributed by atoms with Crippen molar-refractivity contribution in [1.82, 2.24) is 5.32 Å². The van der Waals surface area contributed by atoms with E-state index in [0.29, 0.717) is 0 Å². The zero-order valence-corrected chi connectivity index (χ0v) is 7.65. The predicted octanol–water partition coefficient (Wildman–Crippen LogP) is 2.02. The number of hydrogen-bond donors (Lipinski definition) is 1. The van der Waals surface area contributed by atoms with Gasteiger partial charge >= 0.3 is 0 Å². The molecule has 0 amide bonds. The first-order chi connectivity index (χ1) is 5.49. The molecular formula is C8H16F3N. The molecular weight excluding hydrogens is 167 g/mol. The van der Waals surface area contributed by atoms with Crippen LogP contribution in [0.1, 0.15) is 20.3 Å². The van der Waals surface area contributed by atoms with Crippen molar-refractivity contribution in [1.29, 1.82) is 0 Å². The summed E-state index contributed by atoms with van der Waals surface area (Å²) in [7, 11) is 1.66. The van der Waals surface area contributed by atoms with Crippen LogP contribution in [0, 0.1) is 0 Å². The normalized spacial score (nSPS) is 21.5. The van der Waals surface area contributed by atoms with Gasteiger partial charge in [0.2, 0.25) is 0 Å². The molecule has 4 atom stereocenters. The maximum atomic E-state index is 12.8. The molecule has 0 heterocycles. The predicted molar refractivity (Wildman–Crippen MR) is 43.5 cm³/mol. The van der Waals surface area contributed by atoms with Gasteiger partial charge in [-0.2, -0.15) is 0 Å². The van der Waals surface area contributed by atoms with Gasteiger partial charge in [0, 0.05) is 6.04 Å². The van der Waals surface area contributed by atoms with Crippen LogP contribution in [-0.2, 0) is 0 Å². The van der Waals surface area contributed by atoms with Gasteiger partial charge in [0.1, 0.15) is 12.3 Å². The monoisotopic (exact) mass is 183 g/mol. The fourth-order valence-corrected chi connectivity index (χ4v) is 0.873. The van der Waals surface area contributed by atoms with Crippen LogP contribution >= 0.6 is 0 Å². The number of nitrogens with one attached hydrogen (secondary N) is 1. The van der Waals surface area contributed by atoms with Crippen LogP contribution in [0.25, 0.3) is 0 Å². The first-order valence-electron chi connectivity index (χ1n) is 4.08. The second-order valence-electron chi connectivity index (χ2n) is 3.06. The molecule has 74 valence electrons. The van der Waals surface area contributed by atoms with Gasteiger partial charge in [-0.1, -0.05) is 0 Å². The third-order valence-electron chi connectivity index (χ3n) is 1.86. The van der Waals surface area contributed by atoms with E-state index >= 15 is 0 Å². The quantitative estimate of drug-likeness (QED) is 0.687. The van der Waals surface area contributed by atoms with Gasteiger partial charge in [-0.3, -0.25) is 0 Å². The van der Waals surface area contributed by atoms with E-state index in [2.05, 4.69) is 5.32 Å². The molecule has 0 saturated heterocycles. The summed E-state index contributed by atoms with van der Waals surface area (Å²) in [5, 5.41) is 2.76. The summed E-state index contributed by atoms with van der Waals surface area (Å²) in [6, 6.07) is -0.128. The standard InChI is InChI=1S/C8H16F3N/c1-5(12-3)4-7(10)8(11)6(2)9/h5-8,12H,4H2,1-3H3/t5?,6?,7-,8+/m1/s1. The van der Waals surface area contributed by atoms with E-state index in [4.69, 9.17) is 0 Å². The Morgan fingerprint density at radius 3 is 2.00 bits per heavy atom. The summed E-state index contributed by atoms with van der Waals surface area (Å²) in [6.07, 6.45) is -5.44. The maximum Gasteiger partial charge on any atom is 0.162 e. The molecule has 1 nitrogen and oxygen atoms in total. The highest BCUT2D eigenvalue weighted by Gasteiger charge is 2.27. The molecule has 0 aromatic heterocycles. The minimum absolute atomic E-state index is 0.00588. The Morgan fingerprint density at radius 1 is 1.17 bits per heavy atom. The van der Waals surface area contributed by atoms with Crippen LogP contribution in [0.5, 0.6) is 0 Å². The van der Waals surface area contributed by atoms with Crippen LogP contribution in [0.2, 0.25) is 0 Å². The highest BCUT2D eigenvalue weighted by atomic mass is 19.2. The molecule has 0 aliphatic rings. The summed E-state index contributed by atoms with van der Waals surface area (Å²) in [5.41, 5.74) is 0. The van der Waals surface area contributed by atoms with E-state index in [1.165, 1.54) is 0 Å². The number of halogens is 3. The first-order valence-corrected chi connectivity index (χ1v) is 4.08. The van der Waals surface area contributed by atoms with Crippen molar-refractivity contribution in [2.45, 2.75) is 44.8 Å². The van der Waals surface area contributed by atoms with Crippen molar-refractivity contribution in [3.8, 4) is 0 Å². The summed E-state index contributed by atoms with van der Waals surface area (Å²) >= 11 is 0. The zero-order valence-electron chi connectivity index (χ0n) is 7.65. The fraction of sp³-hybridized carbons (Fsp3) is 1.00. The lowest BCUT2D eigenvalue weighted by molar-refractivity contribution is 0.0814. The molecule has 0 aliphatic heterocycles. The van der Waals surface area contributed by atoms with E-state index in [-0.39, 0.29) is 12.5 Å². The second-order valence-corrected chi connectivity index (χ2v) is 3.06. The van der Waals surface area contributed by atoms with Crippen molar-refractivity contribution in [2.75, 3.05) is 7.05 Å². The largest absolute Gasteiger partial charge is 0.317 e. The fourth-order valence-electron chi connectivity index (χ4n) is 0.873. The highest BCUT2D eigenvalue weighted by molar-refractivity contribution is 4.76. The zero-order chi connectivity index (χ0) is 9.72. The van der Waals surface area contributed by atoms with E-state index in [0.717, 1.165) is 6.92 Å². The van der Waals surface area contributed by atoms with Crippen LogP contribution < -0.4 is 5.32 Å². The Bertz CT molecular complexity index is 119. The Labute approximate surface area is 71.3 Å². The summed E-state index contributed by atoms with van der Waals surface area (Å²) in [5.74, 6) is 0. The van der Waals surface area contributed by atoms with E-state index in [1.54, 1.807) is 14.0 Å². The summed E-state index contributed by atoms with van der Waals surface area (Å²) in [4.78, 5) is 0. The molecule has 4 heteroatoms. The minimum Gasteiger partial charge on any atom is -0.317 e. The average Bonchev–Trinajstić information content (AvgIpc) is 2.02. The third-order valence-corrected chi connectivity index (χ3v) is 1.86. The molecule has 0 aliphatic carbocycles. The topological polar surface area (TPSA) is 12.0 Å². The molecule has 0 aromatic rings. The van der Waals surface area contributed by atoms with Gasteiger partial charge < -0.3 is 5.32 Å². The molecule has 0 bridgehead atoms. The molecule has 0 aromatic carbocycles. The van der Waals surface area contributed by atoms with Crippen LogP contribution in [0.4, 0.5) is 13.2 Å². The van der Waals surface area contributed by atoms with Gasteiger partial charge in [0.05, 0.1) is 0 Å². The smallest absolute Gasteiger partial charge is 0.162 e. The molecule has 0 radical (unpaired) electrons. The van der Waals surface area contributed by atoms with Gasteiger partial charge in [-0.05, 0) is 27.3 Å². The lowest BCUT2D eigenvalue weighted by atomic mass is 10.1. The van der Waals surface area contributed by atoms with E-state index in [9.17, 15) is 13.2 Å². The summed E-state index contributed by atoms with van der Waals surface area (Å²) < 4.78 is 37.7. The van der Waals surface area contributed by atoms with Gasteiger partial charge in [-0.25, -0.2) is 13.2 Å². The lowest BCUT2D eigenvalue weighted by Gasteiger charge is -2.17. The van der Waals surface area contributed by atoms with Crippen molar-refractivity contribution in [3.63, 3.8) is 0 Å². The van der Waals surface area contributed by atoms with Gasteiger partial charge in [-0.15, -0.1) is 0 Å². The first kappa shape index (κ1) is 11.8. The number of alkyl halides is 3. The maximum absolute atomic E-state index is 12.8. The minimum atomic E-state index is -2.00. The Hall–Kier alpha value is -0.250. The van der Waals surface area contributed by atoms with E-state index in [1.807, 2.05) is 0 Å². The van der Waals surface area contributed by atoms with Crippen LogP contribution in [0.3, 0.4) is 0 Å². The molecule has 0 spiro atoms. The van der Waals surface area contributed by atoms with Crippen molar-refractivity contribution in [3.05, 3.63) is 0 Å². The van der Waals surface area contributed by atoms with Crippen LogP contribution in [-0.4, -0.2) is 31.6 Å². The van der Waals surface area contributed by atoms with Crippen LogP contribution in [0.15, 0.2) is 0 Å². The van der Waals surface area contributed by atoms with E-state index < -0.39 is 18.5 Å². The second kappa shape index (κ2) is 5.41.